The molecule has 0 unspecified atom stereocenters. The molecule has 8 bridgehead atoms. The molecule has 0 radical (unpaired) electrons. The van der Waals surface area contributed by atoms with Crippen LogP contribution in [0.3, 0.4) is 0 Å². The van der Waals surface area contributed by atoms with Crippen LogP contribution in [0.5, 0.6) is 0 Å². The molecule has 0 saturated heterocycles. The summed E-state index contributed by atoms with van der Waals surface area (Å²) >= 11 is 0. The van der Waals surface area contributed by atoms with Gasteiger partial charge in [-0.3, -0.25) is 0 Å². The van der Waals surface area contributed by atoms with Crippen LogP contribution in [0.1, 0.15) is 22.8 Å². The molecule has 4 aliphatic heterocycles. The summed E-state index contributed by atoms with van der Waals surface area (Å²) < 4.78 is 4.56. The van der Waals surface area contributed by atoms with Gasteiger partial charge in [-0.1, -0.05) is 0 Å². The molecule has 38 heavy (non-hydrogen) atoms. The van der Waals surface area contributed by atoms with Gasteiger partial charge in [0.1, 0.15) is 0 Å². The maximum absolute atomic E-state index is 4.95. The molecule has 0 aromatic carbocycles. The monoisotopic (exact) mass is 496 g/mol. The van der Waals surface area contributed by atoms with Crippen LogP contribution in [-0.4, -0.2) is 56.1 Å². The van der Waals surface area contributed by atoms with Gasteiger partial charge in [0.25, 0.3) is 0 Å². The lowest BCUT2D eigenvalue weighted by Gasteiger charge is -2.18. The fourth-order valence-corrected chi connectivity index (χ4v) is 5.17. The Morgan fingerprint density at radius 3 is 1.13 bits per heavy atom. The van der Waals surface area contributed by atoms with Crippen molar-refractivity contribution >= 4 is 57.8 Å². The molecule has 3 aromatic rings. The van der Waals surface area contributed by atoms with E-state index in [9.17, 15) is 0 Å². The van der Waals surface area contributed by atoms with E-state index >= 15 is 0 Å². The third-order valence-corrected chi connectivity index (χ3v) is 7.12. The molecule has 7 rings (SSSR count). The van der Waals surface area contributed by atoms with Crippen molar-refractivity contribution in [3.8, 4) is 0 Å². The number of hydrogen-bond donors (Lipinski definition) is 0. The smallest absolute Gasteiger partial charge is 0.0658 e. The first kappa shape index (κ1) is 22.4. The first-order valence-corrected chi connectivity index (χ1v) is 12.9. The molecule has 0 aliphatic carbocycles. The van der Waals surface area contributed by atoms with Crippen molar-refractivity contribution in [3.63, 3.8) is 0 Å². The Bertz CT molecular complexity index is 1580. The maximum atomic E-state index is 4.95. The highest BCUT2D eigenvalue weighted by Gasteiger charge is 2.11. The Labute approximate surface area is 221 Å². The van der Waals surface area contributed by atoms with Crippen LogP contribution in [-0.2, 0) is 0 Å². The first-order valence-electron chi connectivity index (χ1n) is 12.9. The van der Waals surface area contributed by atoms with E-state index in [0.29, 0.717) is 0 Å². The molecule has 0 spiro atoms. The molecule has 0 atom stereocenters. The van der Waals surface area contributed by atoms with E-state index in [1.165, 1.54) is 0 Å². The van der Waals surface area contributed by atoms with Gasteiger partial charge >= 0.3 is 0 Å². The molecule has 0 N–H and O–H groups in total. The molecule has 0 amide bonds. The molecule has 186 valence electrons. The quantitative estimate of drug-likeness (QED) is 0.292. The van der Waals surface area contributed by atoms with Gasteiger partial charge in [0.15, 0.2) is 0 Å². The van der Waals surface area contributed by atoms with Crippen LogP contribution in [0.25, 0.3) is 57.8 Å². The summed E-state index contributed by atoms with van der Waals surface area (Å²) in [7, 11) is 4.17. The summed E-state index contributed by atoms with van der Waals surface area (Å²) in [6.07, 6.45) is 21.4. The SMILES string of the molecule is CN1C=CC(n2c3ccc2cc2nc(cc4ccc(cc5nc(c3)C=C5)n4C3=CCN(C)C=C3)C=C2)=CC1. The highest BCUT2D eigenvalue weighted by molar-refractivity contribution is 5.83. The van der Waals surface area contributed by atoms with Gasteiger partial charge in [-0.15, -0.1) is 0 Å². The van der Waals surface area contributed by atoms with Crippen molar-refractivity contribution in [2.75, 3.05) is 27.2 Å². The minimum Gasteiger partial charge on any atom is -0.377 e. The topological polar surface area (TPSA) is 42.1 Å². The zero-order valence-electron chi connectivity index (χ0n) is 21.5. The summed E-state index contributed by atoms with van der Waals surface area (Å²) in [5, 5.41) is 0. The average molecular weight is 497 g/mol. The van der Waals surface area contributed by atoms with Crippen LogP contribution >= 0.6 is 0 Å². The number of aromatic nitrogens is 4. The van der Waals surface area contributed by atoms with E-state index in [-0.39, 0.29) is 0 Å². The van der Waals surface area contributed by atoms with Crippen molar-refractivity contribution in [2.45, 2.75) is 0 Å². The standard InChI is InChI=1S/C32H28N6/c1-35-15-11-27(12-16-35)37-29-7-8-30(37)20-24-4-6-26(34-24)22-32-10-9-31(21-25-5-3-23(19-29)33-25)38(32)28-13-17-36(2)18-14-28/h3-15,17,19-22H,16,18H2,1-2H3. The predicted molar refractivity (Wildman–Crippen MR) is 158 cm³/mol. The van der Waals surface area contributed by atoms with Crippen molar-refractivity contribution in [1.82, 2.24) is 28.9 Å². The summed E-state index contributed by atoms with van der Waals surface area (Å²) in [5.41, 5.74) is 10.4. The van der Waals surface area contributed by atoms with E-state index < -0.39 is 0 Å². The fourth-order valence-electron chi connectivity index (χ4n) is 5.17. The summed E-state index contributed by atoms with van der Waals surface area (Å²) in [4.78, 5) is 14.2. The molecular formula is C32H28N6. The Kier molecular flexibility index (Phi) is 5.25. The number of allylic oxidation sites excluding steroid dienone is 4. The molecule has 6 nitrogen and oxygen atoms in total. The minimum absolute atomic E-state index is 0.868. The zero-order valence-corrected chi connectivity index (χ0v) is 21.5. The van der Waals surface area contributed by atoms with Gasteiger partial charge in [0.2, 0.25) is 0 Å². The van der Waals surface area contributed by atoms with E-state index in [4.69, 9.17) is 9.97 Å². The van der Waals surface area contributed by atoms with Gasteiger partial charge in [0.05, 0.1) is 22.8 Å². The van der Waals surface area contributed by atoms with Crippen LogP contribution < -0.4 is 0 Å². The minimum atomic E-state index is 0.868. The lowest BCUT2D eigenvalue weighted by molar-refractivity contribution is 0.505. The van der Waals surface area contributed by atoms with E-state index in [0.717, 1.165) is 69.3 Å². The summed E-state index contributed by atoms with van der Waals surface area (Å²) in [6.45, 7) is 1.74. The maximum Gasteiger partial charge on any atom is 0.0658 e. The highest BCUT2D eigenvalue weighted by Crippen LogP contribution is 2.26. The molecule has 0 fully saturated rings. The number of fused-ring (bicyclic) bond motifs is 8. The third kappa shape index (κ3) is 4.10. The second kappa shape index (κ2) is 8.92. The van der Waals surface area contributed by atoms with E-state index in [1.807, 2.05) is 0 Å². The van der Waals surface area contributed by atoms with E-state index in [2.05, 4.69) is 143 Å². The van der Waals surface area contributed by atoms with Crippen LogP contribution in [0.2, 0.25) is 0 Å². The third-order valence-electron chi connectivity index (χ3n) is 7.12. The Balaban J connectivity index is 1.51. The molecule has 4 aliphatic rings. The normalized spacial score (nSPS) is 16.3. The highest BCUT2D eigenvalue weighted by atomic mass is 15.1. The number of hydrogen-bond acceptors (Lipinski definition) is 4. The lowest BCUT2D eigenvalue weighted by Crippen LogP contribution is -2.14. The largest absolute Gasteiger partial charge is 0.377 e. The summed E-state index contributed by atoms with van der Waals surface area (Å²) in [5.74, 6) is 0. The second-order valence-corrected chi connectivity index (χ2v) is 9.97. The van der Waals surface area contributed by atoms with Crippen LogP contribution in [0, 0.1) is 0 Å². The van der Waals surface area contributed by atoms with Gasteiger partial charge in [-0.25, -0.2) is 9.97 Å². The molecule has 0 saturated carbocycles. The van der Waals surface area contributed by atoms with Crippen molar-refractivity contribution < 1.29 is 0 Å². The lowest BCUT2D eigenvalue weighted by atomic mass is 10.2. The number of nitrogens with zero attached hydrogens (tertiary/aromatic N) is 6. The van der Waals surface area contributed by atoms with Crippen molar-refractivity contribution in [1.29, 1.82) is 0 Å². The fraction of sp³-hybridized carbons (Fsp3) is 0.125. The molecule has 3 aromatic heterocycles. The molecule has 6 heteroatoms. The van der Waals surface area contributed by atoms with Crippen LogP contribution in [0.4, 0.5) is 0 Å². The average Bonchev–Trinajstić information content (AvgIpc) is 3.71. The zero-order chi connectivity index (χ0) is 25.6. The van der Waals surface area contributed by atoms with Crippen LogP contribution in [0.15, 0.2) is 85.2 Å². The van der Waals surface area contributed by atoms with E-state index in [1.54, 1.807) is 0 Å². The van der Waals surface area contributed by atoms with Crippen molar-refractivity contribution in [2.24, 2.45) is 0 Å². The van der Waals surface area contributed by atoms with Crippen molar-refractivity contribution in [3.05, 3.63) is 108 Å². The van der Waals surface area contributed by atoms with Gasteiger partial charge in [0, 0.05) is 73.0 Å². The Morgan fingerprint density at radius 2 is 0.842 bits per heavy atom. The molecule has 7 heterocycles. The number of likely N-dealkylation sites (N-methyl/N-ethyl adjacent to an activating group) is 2. The Hall–Kier alpha value is -4.84. The molecular weight excluding hydrogens is 468 g/mol. The summed E-state index contributed by atoms with van der Waals surface area (Å²) in [6, 6.07) is 17.2. The number of rotatable bonds is 2. The van der Waals surface area contributed by atoms with Gasteiger partial charge in [-0.2, -0.15) is 0 Å². The second-order valence-electron chi connectivity index (χ2n) is 9.97. The first-order chi connectivity index (χ1) is 18.6. The Morgan fingerprint density at radius 1 is 0.500 bits per heavy atom. The van der Waals surface area contributed by atoms with Gasteiger partial charge in [-0.05, 0) is 97.1 Å². The van der Waals surface area contributed by atoms with Gasteiger partial charge < -0.3 is 18.9 Å². The predicted octanol–water partition coefficient (Wildman–Crippen LogP) is 6.20.